The first-order valence-corrected chi connectivity index (χ1v) is 9.09. The molecule has 2 fully saturated rings. The summed E-state index contributed by atoms with van der Waals surface area (Å²) in [4.78, 5) is 24.0. The number of esters is 2. The number of allylic oxidation sites excluding steroid dienone is 1. The van der Waals surface area contributed by atoms with E-state index in [0.717, 1.165) is 30.4 Å². The monoisotopic (exact) mass is 330 g/mol. The van der Waals surface area contributed by atoms with Gasteiger partial charge in [0, 0.05) is 23.1 Å². The Hall–Kier alpha value is -1.58. The van der Waals surface area contributed by atoms with Crippen molar-refractivity contribution in [2.75, 3.05) is 6.61 Å². The van der Waals surface area contributed by atoms with Gasteiger partial charge in [0.1, 0.15) is 12.7 Å². The van der Waals surface area contributed by atoms with Gasteiger partial charge in [-0.1, -0.05) is 33.3 Å². The highest BCUT2D eigenvalue weighted by Gasteiger charge is 2.55. The number of carbonyl (C=O) groups excluding carboxylic acids is 2. The molecule has 2 aliphatic carbocycles. The molecule has 0 N–H and O–H groups in total. The summed E-state index contributed by atoms with van der Waals surface area (Å²) in [5.41, 5.74) is 2.12. The van der Waals surface area contributed by atoms with Crippen LogP contribution in [0.4, 0.5) is 0 Å². The predicted octanol–water partition coefficient (Wildman–Crippen LogP) is 3.56. The fraction of sp³-hybridized carbons (Fsp3) is 0.700. The largest absolute Gasteiger partial charge is 0.458 e. The van der Waals surface area contributed by atoms with E-state index in [4.69, 9.17) is 9.47 Å². The lowest BCUT2D eigenvalue weighted by Gasteiger charge is -2.58. The summed E-state index contributed by atoms with van der Waals surface area (Å²) < 4.78 is 10.7. The molecule has 1 saturated carbocycles. The highest BCUT2D eigenvalue weighted by Crippen LogP contribution is 2.61. The summed E-state index contributed by atoms with van der Waals surface area (Å²) in [6.45, 7) is 7.38. The molecule has 1 saturated heterocycles. The smallest absolute Gasteiger partial charge is 0.334 e. The van der Waals surface area contributed by atoms with Gasteiger partial charge in [-0.3, -0.25) is 0 Å². The van der Waals surface area contributed by atoms with Crippen LogP contribution in [0.3, 0.4) is 0 Å². The number of cyclic esters (lactones) is 2. The first kappa shape index (κ1) is 15.9. The summed E-state index contributed by atoms with van der Waals surface area (Å²) in [5.74, 6) is 0.293. The van der Waals surface area contributed by atoms with Gasteiger partial charge >= 0.3 is 11.9 Å². The molecule has 0 unspecified atom stereocenters. The average Bonchev–Trinajstić information content (AvgIpc) is 2.93. The van der Waals surface area contributed by atoms with Crippen molar-refractivity contribution in [2.45, 2.75) is 59.0 Å². The second kappa shape index (κ2) is 5.21. The molecule has 0 spiro atoms. The highest BCUT2D eigenvalue weighted by atomic mass is 16.6. The zero-order valence-electron chi connectivity index (χ0n) is 14.8. The van der Waals surface area contributed by atoms with Crippen LogP contribution in [0.1, 0.15) is 52.9 Å². The van der Waals surface area contributed by atoms with E-state index >= 15 is 0 Å². The van der Waals surface area contributed by atoms with Gasteiger partial charge in [-0.05, 0) is 42.4 Å². The van der Waals surface area contributed by atoms with Crippen LogP contribution in [0.5, 0.6) is 0 Å². The maximum absolute atomic E-state index is 12.6. The molecule has 0 aromatic heterocycles. The molecule has 24 heavy (non-hydrogen) atoms. The van der Waals surface area contributed by atoms with Gasteiger partial charge in [0.2, 0.25) is 0 Å². The molecule has 130 valence electrons. The molecular formula is C20H26O4. The number of hydrogen-bond acceptors (Lipinski definition) is 4. The molecule has 4 atom stereocenters. The molecule has 0 aromatic carbocycles. The summed E-state index contributed by atoms with van der Waals surface area (Å²) >= 11 is 0. The Kier molecular flexibility index (Phi) is 3.45. The fourth-order valence-electron chi connectivity index (χ4n) is 5.80. The maximum atomic E-state index is 12.6. The lowest BCUT2D eigenvalue weighted by molar-refractivity contribution is -0.154. The second-order valence-corrected chi connectivity index (χ2v) is 8.80. The maximum Gasteiger partial charge on any atom is 0.334 e. The van der Waals surface area contributed by atoms with E-state index in [1.807, 2.05) is 0 Å². The van der Waals surface area contributed by atoms with Gasteiger partial charge in [0.25, 0.3) is 0 Å². The molecule has 2 heterocycles. The average molecular weight is 330 g/mol. The summed E-state index contributed by atoms with van der Waals surface area (Å²) in [6, 6.07) is 0. The Morgan fingerprint density at radius 2 is 1.96 bits per heavy atom. The van der Waals surface area contributed by atoms with Crippen LogP contribution in [0.25, 0.3) is 0 Å². The summed E-state index contributed by atoms with van der Waals surface area (Å²) in [6.07, 6.45) is 8.71. The van der Waals surface area contributed by atoms with Crippen LogP contribution < -0.4 is 0 Å². The molecule has 4 rings (SSSR count). The van der Waals surface area contributed by atoms with E-state index in [0.29, 0.717) is 11.3 Å². The van der Waals surface area contributed by atoms with E-state index in [2.05, 4.69) is 26.8 Å². The van der Waals surface area contributed by atoms with Crippen molar-refractivity contribution in [2.24, 2.45) is 22.7 Å². The number of hydrogen-bond donors (Lipinski definition) is 0. The van der Waals surface area contributed by atoms with Crippen molar-refractivity contribution in [3.8, 4) is 0 Å². The minimum Gasteiger partial charge on any atom is -0.458 e. The Morgan fingerprint density at radius 3 is 2.67 bits per heavy atom. The Labute approximate surface area is 143 Å². The molecule has 4 aliphatic rings. The number of fused-ring (bicyclic) bond motifs is 3. The number of ether oxygens (including phenoxy) is 2. The standard InChI is InChI=1S/C20H26O4/c1-19(2)7-4-8-20(3)14-10-15(12-9-17(21)23-11-12)24-18(22)13(14)5-6-16(19)20/h5,9,14-16H,4,6-8,10-11H2,1-3H3/t14-,15+,16-,20+/m0/s1. The molecular weight excluding hydrogens is 304 g/mol. The molecule has 0 bridgehead atoms. The van der Waals surface area contributed by atoms with Crippen LogP contribution in [-0.4, -0.2) is 24.6 Å². The summed E-state index contributed by atoms with van der Waals surface area (Å²) in [7, 11) is 0. The topological polar surface area (TPSA) is 52.6 Å². The molecule has 4 heteroatoms. The highest BCUT2D eigenvalue weighted by molar-refractivity contribution is 5.91. The SMILES string of the molecule is CC1(C)CCC[C@]2(C)[C@H]3C[C@H](C4=CC(=O)OC4)OC(=O)C3=CC[C@@H]12. The van der Waals surface area contributed by atoms with Crippen LogP contribution >= 0.6 is 0 Å². The van der Waals surface area contributed by atoms with Crippen molar-refractivity contribution >= 4 is 11.9 Å². The first-order valence-electron chi connectivity index (χ1n) is 9.09. The lowest BCUT2D eigenvalue weighted by atomic mass is 9.47. The third-order valence-electron chi connectivity index (χ3n) is 7.05. The summed E-state index contributed by atoms with van der Waals surface area (Å²) in [5, 5.41) is 0. The van der Waals surface area contributed by atoms with Crippen LogP contribution in [-0.2, 0) is 19.1 Å². The number of carbonyl (C=O) groups is 2. The molecule has 0 aromatic rings. The van der Waals surface area contributed by atoms with Gasteiger partial charge in [-0.15, -0.1) is 0 Å². The predicted molar refractivity (Wildman–Crippen MR) is 89.0 cm³/mol. The van der Waals surface area contributed by atoms with E-state index in [1.54, 1.807) is 0 Å². The van der Waals surface area contributed by atoms with E-state index in [9.17, 15) is 9.59 Å². The van der Waals surface area contributed by atoms with Crippen LogP contribution in [0, 0.1) is 22.7 Å². The van der Waals surface area contributed by atoms with Crippen molar-refractivity contribution in [1.29, 1.82) is 0 Å². The van der Waals surface area contributed by atoms with Crippen molar-refractivity contribution in [1.82, 2.24) is 0 Å². The molecule has 0 radical (unpaired) electrons. The van der Waals surface area contributed by atoms with E-state index < -0.39 is 0 Å². The van der Waals surface area contributed by atoms with Gasteiger partial charge in [0.15, 0.2) is 0 Å². The van der Waals surface area contributed by atoms with Gasteiger partial charge in [0.05, 0.1) is 0 Å². The van der Waals surface area contributed by atoms with Crippen molar-refractivity contribution in [3.63, 3.8) is 0 Å². The van der Waals surface area contributed by atoms with Crippen LogP contribution in [0.15, 0.2) is 23.3 Å². The molecule has 0 amide bonds. The zero-order chi connectivity index (χ0) is 17.1. The third kappa shape index (κ3) is 2.26. The normalized spacial score (nSPS) is 40.7. The minimum atomic E-state index is -0.325. The van der Waals surface area contributed by atoms with Gasteiger partial charge in [-0.2, -0.15) is 0 Å². The van der Waals surface area contributed by atoms with Crippen molar-refractivity contribution in [3.05, 3.63) is 23.3 Å². The number of rotatable bonds is 1. The Balaban J connectivity index is 1.69. The molecule has 4 nitrogen and oxygen atoms in total. The quantitative estimate of drug-likeness (QED) is 0.690. The lowest BCUT2D eigenvalue weighted by Crippen LogP contribution is -2.52. The van der Waals surface area contributed by atoms with E-state index in [-0.39, 0.29) is 36.0 Å². The fourth-order valence-corrected chi connectivity index (χ4v) is 5.80. The first-order chi connectivity index (χ1) is 11.3. The molecule has 2 aliphatic heterocycles. The Morgan fingerprint density at radius 1 is 1.17 bits per heavy atom. The second-order valence-electron chi connectivity index (χ2n) is 8.80. The Bertz CT molecular complexity index is 657. The van der Waals surface area contributed by atoms with Gasteiger partial charge in [-0.25, -0.2) is 9.59 Å². The minimum absolute atomic E-state index is 0.132. The van der Waals surface area contributed by atoms with E-state index in [1.165, 1.54) is 18.9 Å². The van der Waals surface area contributed by atoms with Crippen LogP contribution in [0.2, 0.25) is 0 Å². The van der Waals surface area contributed by atoms with Crippen molar-refractivity contribution < 1.29 is 19.1 Å². The van der Waals surface area contributed by atoms with Gasteiger partial charge < -0.3 is 9.47 Å². The third-order valence-corrected chi connectivity index (χ3v) is 7.05. The zero-order valence-corrected chi connectivity index (χ0v) is 14.8.